The summed E-state index contributed by atoms with van der Waals surface area (Å²) >= 11 is 0. The van der Waals surface area contributed by atoms with Gasteiger partial charge in [-0.05, 0) is 38.8 Å². The first-order valence-electron chi connectivity index (χ1n) is 9.56. The molecule has 1 aromatic rings. The van der Waals surface area contributed by atoms with Crippen LogP contribution < -0.4 is 15.4 Å². The zero-order valence-corrected chi connectivity index (χ0v) is 18.4. The smallest absolute Gasteiger partial charge is 0.191 e. The summed E-state index contributed by atoms with van der Waals surface area (Å²) in [5.74, 6) is 1.84. The van der Waals surface area contributed by atoms with Gasteiger partial charge in [0.25, 0.3) is 0 Å². The Morgan fingerprint density at radius 3 is 2.71 bits per heavy atom. The number of aryl methyl sites for hydroxylation is 1. The summed E-state index contributed by atoms with van der Waals surface area (Å²) in [6.45, 7) is 8.43. The van der Waals surface area contributed by atoms with Crippen LogP contribution in [0.2, 0.25) is 0 Å². The van der Waals surface area contributed by atoms with E-state index in [-0.39, 0.29) is 6.54 Å². The molecule has 28 heavy (non-hydrogen) atoms. The van der Waals surface area contributed by atoms with E-state index in [1.165, 1.54) is 6.26 Å². The third kappa shape index (κ3) is 6.38. The molecule has 0 saturated carbocycles. The van der Waals surface area contributed by atoms with Crippen molar-refractivity contribution in [2.24, 2.45) is 10.9 Å². The van der Waals surface area contributed by atoms with Crippen LogP contribution in [0.25, 0.3) is 0 Å². The first-order valence-corrected chi connectivity index (χ1v) is 11.5. The van der Waals surface area contributed by atoms with Crippen molar-refractivity contribution < 1.29 is 17.9 Å². The van der Waals surface area contributed by atoms with Crippen molar-refractivity contribution in [2.75, 3.05) is 39.7 Å². The van der Waals surface area contributed by atoms with Gasteiger partial charge in [0, 0.05) is 44.5 Å². The fraction of sp³-hybridized carbons (Fsp3) is 0.650. The lowest BCUT2D eigenvalue weighted by molar-refractivity contribution is 0.166. The zero-order valence-electron chi connectivity index (χ0n) is 17.5. The second-order valence-electron chi connectivity index (χ2n) is 7.96. The van der Waals surface area contributed by atoms with Gasteiger partial charge in [-0.15, -0.1) is 0 Å². The van der Waals surface area contributed by atoms with Gasteiger partial charge >= 0.3 is 0 Å². The molecule has 0 radical (unpaired) electrons. The van der Waals surface area contributed by atoms with Crippen LogP contribution in [0.4, 0.5) is 0 Å². The molecule has 7 nitrogen and oxygen atoms in total. The highest BCUT2D eigenvalue weighted by Gasteiger charge is 2.30. The lowest BCUT2D eigenvalue weighted by atomic mass is 10.1. The number of benzene rings is 1. The van der Waals surface area contributed by atoms with Crippen molar-refractivity contribution in [3.05, 3.63) is 29.3 Å². The number of hydrogen-bond donors (Lipinski definition) is 2. The number of ether oxygens (including phenoxy) is 2. The summed E-state index contributed by atoms with van der Waals surface area (Å²) in [4.78, 5) is 4.19. The summed E-state index contributed by atoms with van der Waals surface area (Å²) < 4.78 is 34.3. The second-order valence-corrected chi connectivity index (χ2v) is 10.6. The molecule has 1 aliphatic heterocycles. The summed E-state index contributed by atoms with van der Waals surface area (Å²) in [5, 5.41) is 6.33. The molecule has 1 aliphatic rings. The van der Waals surface area contributed by atoms with E-state index in [1.54, 1.807) is 20.9 Å². The Morgan fingerprint density at radius 1 is 1.36 bits per heavy atom. The van der Waals surface area contributed by atoms with Crippen molar-refractivity contribution in [1.29, 1.82) is 0 Å². The monoisotopic (exact) mass is 411 g/mol. The molecule has 0 aromatic heterocycles. The predicted molar refractivity (Wildman–Crippen MR) is 113 cm³/mol. The summed E-state index contributed by atoms with van der Waals surface area (Å²) in [6.07, 6.45) is 2.28. The number of aliphatic imine (C=N–C) groups is 1. The molecule has 0 bridgehead atoms. The lowest BCUT2D eigenvalue weighted by Crippen LogP contribution is -2.47. The molecule has 1 aromatic carbocycles. The van der Waals surface area contributed by atoms with E-state index in [4.69, 9.17) is 9.47 Å². The van der Waals surface area contributed by atoms with Crippen molar-refractivity contribution >= 4 is 15.8 Å². The molecule has 1 unspecified atom stereocenters. The fourth-order valence-corrected chi connectivity index (χ4v) is 3.03. The Bertz CT molecular complexity index is 785. The number of nitrogens with zero attached hydrogens (tertiary/aromatic N) is 1. The Labute approximate surface area is 168 Å². The molecule has 158 valence electrons. The van der Waals surface area contributed by atoms with Gasteiger partial charge < -0.3 is 20.1 Å². The molecule has 1 fully saturated rings. The van der Waals surface area contributed by atoms with Crippen molar-refractivity contribution in [2.45, 2.75) is 38.5 Å². The van der Waals surface area contributed by atoms with Crippen LogP contribution in [0.15, 0.2) is 23.2 Å². The molecule has 0 amide bonds. The van der Waals surface area contributed by atoms with E-state index in [9.17, 15) is 8.42 Å². The summed E-state index contributed by atoms with van der Waals surface area (Å²) in [5.41, 5.74) is 2.16. The van der Waals surface area contributed by atoms with Crippen LogP contribution in [-0.2, 0) is 21.1 Å². The van der Waals surface area contributed by atoms with Gasteiger partial charge in [0.15, 0.2) is 15.8 Å². The van der Waals surface area contributed by atoms with E-state index in [0.717, 1.165) is 36.5 Å². The van der Waals surface area contributed by atoms with Gasteiger partial charge in [-0.1, -0.05) is 12.1 Å². The topological polar surface area (TPSA) is 89.0 Å². The normalized spacial score (nSPS) is 18.2. The van der Waals surface area contributed by atoms with Crippen LogP contribution in [0.1, 0.15) is 31.4 Å². The predicted octanol–water partition coefficient (Wildman–Crippen LogP) is 1.90. The molecule has 1 saturated heterocycles. The molecule has 2 N–H and O–H groups in total. The quantitative estimate of drug-likeness (QED) is 0.502. The Balaban J connectivity index is 1.96. The molecule has 1 heterocycles. The van der Waals surface area contributed by atoms with Gasteiger partial charge in [-0.2, -0.15) is 0 Å². The SMILES string of the molecule is CN=C(NCc1ccc(C)cc1OCC1CCOC1)NCC(C)(C)S(C)(=O)=O. The van der Waals surface area contributed by atoms with Gasteiger partial charge in [-0.25, -0.2) is 8.42 Å². The molecule has 0 aliphatic carbocycles. The number of sulfone groups is 1. The maximum absolute atomic E-state index is 11.9. The standard InChI is InChI=1S/C20H33N3O4S/c1-15-6-7-17(18(10-15)27-13-16-8-9-26-12-16)11-22-19(21-4)23-14-20(2,3)28(5,24)25/h6-7,10,16H,8-9,11-14H2,1-5H3,(H2,21,22,23). The van der Waals surface area contributed by atoms with E-state index >= 15 is 0 Å². The minimum Gasteiger partial charge on any atom is -0.493 e. The number of guanidine groups is 1. The average molecular weight is 412 g/mol. The third-order valence-electron chi connectivity index (χ3n) is 5.08. The Hall–Kier alpha value is -1.80. The summed E-state index contributed by atoms with van der Waals surface area (Å²) in [6, 6.07) is 6.12. The molecular weight excluding hydrogens is 378 g/mol. The van der Waals surface area contributed by atoms with Crippen molar-refractivity contribution in [1.82, 2.24) is 10.6 Å². The minimum atomic E-state index is -3.18. The second kappa shape index (κ2) is 9.60. The van der Waals surface area contributed by atoms with Crippen LogP contribution in [-0.4, -0.2) is 58.8 Å². The van der Waals surface area contributed by atoms with E-state index in [2.05, 4.69) is 15.6 Å². The van der Waals surface area contributed by atoms with Crippen LogP contribution in [0.3, 0.4) is 0 Å². The van der Waals surface area contributed by atoms with Gasteiger partial charge in [-0.3, -0.25) is 4.99 Å². The molecular formula is C20H33N3O4S. The molecule has 1 atom stereocenters. The zero-order chi connectivity index (χ0) is 20.8. The van der Waals surface area contributed by atoms with E-state index in [1.807, 2.05) is 25.1 Å². The lowest BCUT2D eigenvalue weighted by Gasteiger charge is -2.24. The summed E-state index contributed by atoms with van der Waals surface area (Å²) in [7, 11) is -1.51. The highest BCUT2D eigenvalue weighted by molar-refractivity contribution is 7.92. The largest absolute Gasteiger partial charge is 0.493 e. The van der Waals surface area contributed by atoms with Gasteiger partial charge in [0.05, 0.1) is 18.0 Å². The van der Waals surface area contributed by atoms with Crippen LogP contribution >= 0.6 is 0 Å². The van der Waals surface area contributed by atoms with Crippen molar-refractivity contribution in [3.63, 3.8) is 0 Å². The average Bonchev–Trinajstić information content (AvgIpc) is 3.14. The van der Waals surface area contributed by atoms with Gasteiger partial charge in [0.2, 0.25) is 0 Å². The van der Waals surface area contributed by atoms with Gasteiger partial charge in [0.1, 0.15) is 5.75 Å². The first-order chi connectivity index (χ1) is 13.1. The highest BCUT2D eigenvalue weighted by Crippen LogP contribution is 2.22. The molecule has 8 heteroatoms. The maximum Gasteiger partial charge on any atom is 0.191 e. The molecule has 2 rings (SSSR count). The van der Waals surface area contributed by atoms with Crippen LogP contribution in [0.5, 0.6) is 5.75 Å². The Kier molecular flexibility index (Phi) is 7.71. The first kappa shape index (κ1) is 22.5. The molecule has 0 spiro atoms. The fourth-order valence-electron chi connectivity index (χ4n) is 2.69. The van der Waals surface area contributed by atoms with E-state index < -0.39 is 14.6 Å². The number of nitrogens with one attached hydrogen (secondary N) is 2. The van der Waals surface area contributed by atoms with Crippen LogP contribution in [0, 0.1) is 12.8 Å². The number of rotatable bonds is 8. The van der Waals surface area contributed by atoms with E-state index in [0.29, 0.717) is 25.0 Å². The Morgan fingerprint density at radius 2 is 2.11 bits per heavy atom. The highest BCUT2D eigenvalue weighted by atomic mass is 32.2. The van der Waals surface area contributed by atoms with Crippen molar-refractivity contribution in [3.8, 4) is 5.75 Å². The third-order valence-corrected chi connectivity index (χ3v) is 7.23. The maximum atomic E-state index is 11.9. The minimum absolute atomic E-state index is 0.268. The number of hydrogen-bond acceptors (Lipinski definition) is 5.